The van der Waals surface area contributed by atoms with Crippen LogP contribution in [-0.4, -0.2) is 29.4 Å². The van der Waals surface area contributed by atoms with Crippen LogP contribution in [0.3, 0.4) is 0 Å². The molecule has 1 aromatic heterocycles. The molecule has 0 fully saturated rings. The van der Waals surface area contributed by atoms with Gasteiger partial charge >= 0.3 is 5.97 Å². The summed E-state index contributed by atoms with van der Waals surface area (Å²) in [6, 6.07) is 15.1. The molecule has 0 aliphatic carbocycles. The molecule has 0 atom stereocenters. The molecule has 116 valence electrons. The molecule has 5 heteroatoms. The molecule has 0 saturated carbocycles. The summed E-state index contributed by atoms with van der Waals surface area (Å²) in [7, 11) is 1.62. The maximum absolute atomic E-state index is 11.4. The molecule has 2 aromatic carbocycles. The summed E-state index contributed by atoms with van der Waals surface area (Å²) in [6.45, 7) is 0.475. The van der Waals surface area contributed by atoms with Crippen molar-refractivity contribution in [3.05, 3.63) is 65.4 Å². The van der Waals surface area contributed by atoms with Crippen molar-refractivity contribution in [2.45, 2.75) is 6.54 Å². The molecule has 1 heterocycles. The number of H-pyrrole nitrogens is 1. The summed E-state index contributed by atoms with van der Waals surface area (Å²) in [5, 5.41) is 10.2. The van der Waals surface area contributed by atoms with Gasteiger partial charge < -0.3 is 14.8 Å². The van der Waals surface area contributed by atoms with Gasteiger partial charge in [-0.1, -0.05) is 30.3 Å². The van der Waals surface area contributed by atoms with E-state index in [1.165, 1.54) is 0 Å². The Labute approximate surface area is 133 Å². The van der Waals surface area contributed by atoms with Gasteiger partial charge in [0, 0.05) is 22.7 Å². The van der Waals surface area contributed by atoms with Gasteiger partial charge in [0.05, 0.1) is 13.7 Å². The van der Waals surface area contributed by atoms with Gasteiger partial charge in [-0.15, -0.1) is 0 Å². The zero-order chi connectivity index (χ0) is 16.2. The van der Waals surface area contributed by atoms with Crippen LogP contribution in [0.15, 0.2) is 53.5 Å². The van der Waals surface area contributed by atoms with Crippen LogP contribution in [-0.2, 0) is 6.54 Å². The standard InChI is InChI=1S/C18H16N2O3/c1-23-13-8-6-12(7-9-13)10-19-11-15-14-4-2-3-5-16(14)20-17(15)18(21)22/h2-9,11,20H,10H2,1H3,(H,21,22). The molecule has 0 amide bonds. The monoisotopic (exact) mass is 308 g/mol. The number of carboxylic acid groups (broad SMARTS) is 1. The number of para-hydroxylation sites is 1. The van der Waals surface area contributed by atoms with Crippen LogP contribution in [0.5, 0.6) is 5.75 Å². The number of aromatic amines is 1. The van der Waals surface area contributed by atoms with E-state index in [1.54, 1.807) is 13.3 Å². The minimum absolute atomic E-state index is 0.157. The van der Waals surface area contributed by atoms with E-state index in [0.717, 1.165) is 22.2 Å². The van der Waals surface area contributed by atoms with Crippen molar-refractivity contribution in [3.8, 4) is 5.75 Å². The summed E-state index contributed by atoms with van der Waals surface area (Å²) < 4.78 is 5.12. The first-order chi connectivity index (χ1) is 11.2. The molecule has 0 aliphatic rings. The molecular formula is C18H16N2O3. The third-order valence-corrected chi connectivity index (χ3v) is 3.61. The Morgan fingerprint density at radius 1 is 1.22 bits per heavy atom. The number of benzene rings is 2. The lowest BCUT2D eigenvalue weighted by atomic mass is 10.1. The van der Waals surface area contributed by atoms with Crippen LogP contribution in [0.25, 0.3) is 10.9 Å². The van der Waals surface area contributed by atoms with E-state index in [2.05, 4.69) is 9.98 Å². The van der Waals surface area contributed by atoms with Crippen molar-refractivity contribution >= 4 is 23.1 Å². The predicted molar refractivity (Wildman–Crippen MR) is 89.6 cm³/mol. The van der Waals surface area contributed by atoms with Crippen LogP contribution in [0.4, 0.5) is 0 Å². The molecule has 3 aromatic rings. The van der Waals surface area contributed by atoms with E-state index in [4.69, 9.17) is 4.74 Å². The summed E-state index contributed by atoms with van der Waals surface area (Å²) in [4.78, 5) is 18.7. The topological polar surface area (TPSA) is 74.7 Å². The summed E-state index contributed by atoms with van der Waals surface area (Å²) in [5.41, 5.74) is 2.57. The molecule has 23 heavy (non-hydrogen) atoms. The lowest BCUT2D eigenvalue weighted by Crippen LogP contribution is -2.00. The van der Waals surface area contributed by atoms with E-state index < -0.39 is 5.97 Å². The van der Waals surface area contributed by atoms with Crippen LogP contribution in [0.2, 0.25) is 0 Å². The normalized spacial score (nSPS) is 11.2. The average Bonchev–Trinajstić information content (AvgIpc) is 2.95. The average molecular weight is 308 g/mol. The van der Waals surface area contributed by atoms with Gasteiger partial charge in [-0.3, -0.25) is 4.99 Å². The predicted octanol–water partition coefficient (Wildman–Crippen LogP) is 3.49. The van der Waals surface area contributed by atoms with Crippen molar-refractivity contribution in [1.82, 2.24) is 4.98 Å². The van der Waals surface area contributed by atoms with Gasteiger partial charge in [-0.2, -0.15) is 0 Å². The highest BCUT2D eigenvalue weighted by atomic mass is 16.5. The number of hydrogen-bond donors (Lipinski definition) is 2. The second-order valence-corrected chi connectivity index (χ2v) is 5.08. The smallest absolute Gasteiger partial charge is 0.353 e. The van der Waals surface area contributed by atoms with Gasteiger partial charge in [-0.05, 0) is 23.8 Å². The maximum atomic E-state index is 11.4. The number of nitrogens with zero attached hydrogens (tertiary/aromatic N) is 1. The number of nitrogens with one attached hydrogen (secondary N) is 1. The minimum atomic E-state index is -0.993. The van der Waals surface area contributed by atoms with E-state index in [0.29, 0.717) is 12.1 Å². The molecular weight excluding hydrogens is 292 g/mol. The molecule has 0 spiro atoms. The largest absolute Gasteiger partial charge is 0.497 e. The van der Waals surface area contributed by atoms with Crippen LogP contribution in [0, 0.1) is 0 Å². The molecule has 3 rings (SSSR count). The number of carbonyl (C=O) groups is 1. The first kappa shape index (κ1) is 14.8. The number of methoxy groups -OCH3 is 1. The second-order valence-electron chi connectivity index (χ2n) is 5.08. The molecule has 0 aliphatic heterocycles. The van der Waals surface area contributed by atoms with Gasteiger partial charge in [0.2, 0.25) is 0 Å². The van der Waals surface area contributed by atoms with Crippen molar-refractivity contribution in [3.63, 3.8) is 0 Å². The number of aromatic carboxylic acids is 1. The number of fused-ring (bicyclic) bond motifs is 1. The summed E-state index contributed by atoms with van der Waals surface area (Å²) >= 11 is 0. The molecule has 2 N–H and O–H groups in total. The van der Waals surface area contributed by atoms with Crippen molar-refractivity contribution in [1.29, 1.82) is 0 Å². The van der Waals surface area contributed by atoms with Crippen LogP contribution < -0.4 is 4.74 Å². The zero-order valence-electron chi connectivity index (χ0n) is 12.6. The Balaban J connectivity index is 1.87. The van der Waals surface area contributed by atoms with E-state index in [9.17, 15) is 9.90 Å². The number of rotatable bonds is 5. The maximum Gasteiger partial charge on any atom is 0.353 e. The Morgan fingerprint density at radius 2 is 1.96 bits per heavy atom. The Kier molecular flexibility index (Phi) is 4.10. The highest BCUT2D eigenvalue weighted by Crippen LogP contribution is 2.21. The van der Waals surface area contributed by atoms with Gasteiger partial charge in [0.25, 0.3) is 0 Å². The second kappa shape index (κ2) is 6.36. The summed E-state index contributed by atoms with van der Waals surface area (Å²) in [5.74, 6) is -0.199. The highest BCUT2D eigenvalue weighted by Gasteiger charge is 2.14. The number of carboxylic acids is 1. The number of aliphatic imine (C=N–C) groups is 1. The minimum Gasteiger partial charge on any atom is -0.497 e. The first-order valence-corrected chi connectivity index (χ1v) is 7.16. The third kappa shape index (κ3) is 3.08. The molecule has 0 bridgehead atoms. The molecule has 5 nitrogen and oxygen atoms in total. The molecule has 0 unspecified atom stereocenters. The number of ether oxygens (including phenoxy) is 1. The van der Waals surface area contributed by atoms with E-state index in [-0.39, 0.29) is 5.69 Å². The lowest BCUT2D eigenvalue weighted by Gasteiger charge is -2.00. The Bertz CT molecular complexity index is 864. The fourth-order valence-electron chi connectivity index (χ4n) is 2.44. The van der Waals surface area contributed by atoms with Crippen molar-refractivity contribution in [2.24, 2.45) is 4.99 Å². The fourth-order valence-corrected chi connectivity index (χ4v) is 2.44. The van der Waals surface area contributed by atoms with Gasteiger partial charge in [-0.25, -0.2) is 4.79 Å². The third-order valence-electron chi connectivity index (χ3n) is 3.61. The fraction of sp³-hybridized carbons (Fsp3) is 0.111. The highest BCUT2D eigenvalue weighted by molar-refractivity contribution is 6.08. The van der Waals surface area contributed by atoms with Crippen LogP contribution >= 0.6 is 0 Å². The first-order valence-electron chi connectivity index (χ1n) is 7.16. The molecule has 0 radical (unpaired) electrons. The Hall–Kier alpha value is -3.08. The van der Waals surface area contributed by atoms with E-state index in [1.807, 2.05) is 48.5 Å². The SMILES string of the molecule is COc1ccc(CN=Cc2c(C(=O)O)[nH]c3ccccc23)cc1. The van der Waals surface area contributed by atoms with Gasteiger partial charge in [0.1, 0.15) is 11.4 Å². The van der Waals surface area contributed by atoms with E-state index >= 15 is 0 Å². The Morgan fingerprint density at radius 3 is 2.65 bits per heavy atom. The van der Waals surface area contributed by atoms with Crippen molar-refractivity contribution < 1.29 is 14.6 Å². The number of aromatic nitrogens is 1. The molecule has 0 saturated heterocycles. The quantitative estimate of drug-likeness (QED) is 0.708. The summed E-state index contributed by atoms with van der Waals surface area (Å²) in [6.07, 6.45) is 1.62. The van der Waals surface area contributed by atoms with Crippen molar-refractivity contribution in [2.75, 3.05) is 7.11 Å². The zero-order valence-corrected chi connectivity index (χ0v) is 12.6. The van der Waals surface area contributed by atoms with Gasteiger partial charge in [0.15, 0.2) is 0 Å². The number of hydrogen-bond acceptors (Lipinski definition) is 3. The van der Waals surface area contributed by atoms with Crippen LogP contribution in [0.1, 0.15) is 21.6 Å². The lowest BCUT2D eigenvalue weighted by molar-refractivity contribution is 0.0691.